The summed E-state index contributed by atoms with van der Waals surface area (Å²) in [6.45, 7) is 10.6. The topological polar surface area (TPSA) is 12.5 Å². The van der Waals surface area contributed by atoms with Crippen LogP contribution in [0.3, 0.4) is 0 Å². The van der Waals surface area contributed by atoms with E-state index in [1.54, 1.807) is 0 Å². The zero-order valence-corrected chi connectivity index (χ0v) is 13.0. The lowest BCUT2D eigenvalue weighted by Gasteiger charge is -2.21. The van der Waals surface area contributed by atoms with Crippen molar-refractivity contribution in [3.63, 3.8) is 0 Å². The Morgan fingerprint density at radius 3 is 1.83 bits per heavy atom. The van der Waals surface area contributed by atoms with Gasteiger partial charge in [-0.15, -0.1) is 0 Å². The zero-order valence-electron chi connectivity index (χ0n) is 13.0. The molecule has 0 radical (unpaired) electrons. The minimum absolute atomic E-state index is 0.820. The first kappa shape index (κ1) is 17.9. The molecule has 0 aromatic rings. The van der Waals surface area contributed by atoms with Gasteiger partial charge in [0.1, 0.15) is 0 Å². The molecule has 0 saturated heterocycles. The van der Waals surface area contributed by atoms with E-state index >= 15 is 0 Å². The number of nitrogens with zero attached hydrogens (tertiary/aromatic N) is 1. The van der Waals surface area contributed by atoms with Gasteiger partial charge in [0, 0.05) is 19.7 Å². The monoisotopic (exact) mass is 257 g/mol. The summed E-state index contributed by atoms with van der Waals surface area (Å²) in [7, 11) is 0. The van der Waals surface area contributed by atoms with Crippen LogP contribution >= 0.6 is 0 Å². The summed E-state index contributed by atoms with van der Waals surface area (Å²) in [4.78, 5) is 2.45. The normalized spacial score (nSPS) is 11.3. The van der Waals surface area contributed by atoms with E-state index in [4.69, 9.17) is 4.74 Å². The quantitative estimate of drug-likeness (QED) is 0.326. The maximum Gasteiger partial charge on any atom is 0.0990 e. The lowest BCUT2D eigenvalue weighted by Crippen LogP contribution is -2.28. The molecule has 0 aliphatic rings. The van der Waals surface area contributed by atoms with Gasteiger partial charge >= 0.3 is 0 Å². The molecule has 0 N–H and O–H groups in total. The Bertz CT molecular complexity index is 150. The van der Waals surface area contributed by atoms with Crippen molar-refractivity contribution in [1.29, 1.82) is 0 Å². The van der Waals surface area contributed by atoms with E-state index in [1.807, 2.05) is 0 Å². The third-order valence-electron chi connectivity index (χ3n) is 3.35. The largest absolute Gasteiger partial charge is 0.366 e. The average Bonchev–Trinajstić information content (AvgIpc) is 2.39. The van der Waals surface area contributed by atoms with Gasteiger partial charge in [-0.1, -0.05) is 58.8 Å². The standard InChI is InChI=1S/C16H35NO/c1-4-7-8-9-10-11-12-13-15-17(14-5-2)16-18-6-3/h4-16H2,1-3H3. The van der Waals surface area contributed by atoms with Gasteiger partial charge in [0.15, 0.2) is 0 Å². The molecule has 0 aromatic carbocycles. The number of hydrogen-bond acceptors (Lipinski definition) is 2. The third-order valence-corrected chi connectivity index (χ3v) is 3.35. The van der Waals surface area contributed by atoms with E-state index in [9.17, 15) is 0 Å². The molecule has 0 aliphatic heterocycles. The second-order valence-corrected chi connectivity index (χ2v) is 5.21. The molecule has 0 amide bonds. The van der Waals surface area contributed by atoms with Gasteiger partial charge in [0.25, 0.3) is 0 Å². The van der Waals surface area contributed by atoms with Gasteiger partial charge in [-0.2, -0.15) is 0 Å². The first-order chi connectivity index (χ1) is 8.85. The summed E-state index contributed by atoms with van der Waals surface area (Å²) in [5, 5.41) is 0. The van der Waals surface area contributed by atoms with Crippen molar-refractivity contribution >= 4 is 0 Å². The van der Waals surface area contributed by atoms with Gasteiger partial charge in [-0.25, -0.2) is 0 Å². The molecule has 18 heavy (non-hydrogen) atoms. The highest BCUT2D eigenvalue weighted by Gasteiger charge is 2.02. The highest BCUT2D eigenvalue weighted by Crippen LogP contribution is 2.09. The van der Waals surface area contributed by atoms with Crippen LogP contribution in [0.15, 0.2) is 0 Å². The Morgan fingerprint density at radius 2 is 1.28 bits per heavy atom. The van der Waals surface area contributed by atoms with Crippen LogP contribution in [-0.4, -0.2) is 31.3 Å². The molecule has 2 heteroatoms. The fourth-order valence-corrected chi connectivity index (χ4v) is 2.25. The van der Waals surface area contributed by atoms with E-state index in [0.717, 1.165) is 13.3 Å². The van der Waals surface area contributed by atoms with E-state index < -0.39 is 0 Å². The van der Waals surface area contributed by atoms with Gasteiger partial charge in [0.05, 0.1) is 6.73 Å². The van der Waals surface area contributed by atoms with E-state index in [1.165, 1.54) is 70.9 Å². The highest BCUT2D eigenvalue weighted by atomic mass is 16.5. The minimum atomic E-state index is 0.820. The van der Waals surface area contributed by atoms with Crippen LogP contribution in [-0.2, 0) is 4.74 Å². The van der Waals surface area contributed by atoms with Crippen LogP contribution in [0, 0.1) is 0 Å². The van der Waals surface area contributed by atoms with E-state index in [2.05, 4.69) is 25.7 Å². The maximum atomic E-state index is 5.50. The van der Waals surface area contributed by atoms with Gasteiger partial charge in [-0.05, 0) is 19.8 Å². The summed E-state index contributed by atoms with van der Waals surface area (Å²) in [5.41, 5.74) is 0. The SMILES string of the molecule is CCCCCCCCCCN(CCC)COCC. The van der Waals surface area contributed by atoms with Crippen molar-refractivity contribution in [3.05, 3.63) is 0 Å². The minimum Gasteiger partial charge on any atom is -0.366 e. The second kappa shape index (κ2) is 15.0. The summed E-state index contributed by atoms with van der Waals surface area (Å²) in [6, 6.07) is 0. The predicted molar refractivity (Wildman–Crippen MR) is 81.0 cm³/mol. The van der Waals surface area contributed by atoms with Crippen LogP contribution in [0.2, 0.25) is 0 Å². The molecule has 0 rings (SSSR count). The molecule has 0 fully saturated rings. The van der Waals surface area contributed by atoms with Crippen molar-refractivity contribution in [2.45, 2.75) is 78.6 Å². The summed E-state index contributed by atoms with van der Waals surface area (Å²) < 4.78 is 5.50. The van der Waals surface area contributed by atoms with Crippen LogP contribution in [0.5, 0.6) is 0 Å². The Kier molecular flexibility index (Phi) is 14.9. The maximum absolute atomic E-state index is 5.50. The van der Waals surface area contributed by atoms with E-state index in [-0.39, 0.29) is 0 Å². The Morgan fingerprint density at radius 1 is 0.667 bits per heavy atom. The summed E-state index contributed by atoms with van der Waals surface area (Å²) in [6.07, 6.45) is 12.4. The zero-order chi connectivity index (χ0) is 13.5. The van der Waals surface area contributed by atoms with Crippen molar-refractivity contribution in [2.75, 3.05) is 26.4 Å². The molecule has 110 valence electrons. The van der Waals surface area contributed by atoms with Gasteiger partial charge in [-0.3, -0.25) is 4.90 Å². The van der Waals surface area contributed by atoms with Crippen LogP contribution in [0.25, 0.3) is 0 Å². The second-order valence-electron chi connectivity index (χ2n) is 5.21. The number of hydrogen-bond donors (Lipinski definition) is 0. The Balaban J connectivity index is 3.31. The molecule has 0 unspecified atom stereocenters. The van der Waals surface area contributed by atoms with Crippen LogP contribution in [0.4, 0.5) is 0 Å². The first-order valence-corrected chi connectivity index (χ1v) is 8.15. The molecular weight excluding hydrogens is 222 g/mol. The molecule has 0 aromatic heterocycles. The Labute approximate surface area is 115 Å². The molecule has 2 nitrogen and oxygen atoms in total. The first-order valence-electron chi connectivity index (χ1n) is 8.15. The molecule has 0 atom stereocenters. The highest BCUT2D eigenvalue weighted by molar-refractivity contribution is 4.54. The van der Waals surface area contributed by atoms with Crippen molar-refractivity contribution in [1.82, 2.24) is 4.90 Å². The summed E-state index contributed by atoms with van der Waals surface area (Å²) in [5.74, 6) is 0. The number of ether oxygens (including phenoxy) is 1. The molecule has 0 saturated carbocycles. The van der Waals surface area contributed by atoms with Crippen molar-refractivity contribution in [3.8, 4) is 0 Å². The predicted octanol–water partition coefficient (Wildman–Crippen LogP) is 4.83. The van der Waals surface area contributed by atoms with Crippen LogP contribution in [0.1, 0.15) is 78.6 Å². The molecule has 0 bridgehead atoms. The molecule has 0 aliphatic carbocycles. The lowest BCUT2D eigenvalue weighted by atomic mass is 10.1. The molecule has 0 spiro atoms. The van der Waals surface area contributed by atoms with Crippen LogP contribution < -0.4 is 0 Å². The summed E-state index contributed by atoms with van der Waals surface area (Å²) >= 11 is 0. The lowest BCUT2D eigenvalue weighted by molar-refractivity contribution is 0.0345. The van der Waals surface area contributed by atoms with Crippen molar-refractivity contribution < 1.29 is 4.74 Å². The van der Waals surface area contributed by atoms with Gasteiger partial charge < -0.3 is 4.74 Å². The van der Waals surface area contributed by atoms with Gasteiger partial charge in [0.2, 0.25) is 0 Å². The molecular formula is C16H35NO. The smallest absolute Gasteiger partial charge is 0.0990 e. The fraction of sp³-hybridized carbons (Fsp3) is 1.00. The number of unbranched alkanes of at least 4 members (excludes halogenated alkanes) is 7. The Hall–Kier alpha value is -0.0800. The fourth-order valence-electron chi connectivity index (χ4n) is 2.25. The number of rotatable bonds is 14. The van der Waals surface area contributed by atoms with Crippen molar-refractivity contribution in [2.24, 2.45) is 0 Å². The molecule has 0 heterocycles. The average molecular weight is 257 g/mol. The van der Waals surface area contributed by atoms with E-state index in [0.29, 0.717) is 0 Å². The third kappa shape index (κ3) is 12.4.